The molecule has 3 aliphatic carbocycles. The predicted octanol–water partition coefficient (Wildman–Crippen LogP) is 3.28. The Morgan fingerprint density at radius 3 is 2.30 bits per heavy atom. The van der Waals surface area contributed by atoms with Crippen LogP contribution in [0.4, 0.5) is 0 Å². The molecule has 0 aromatic heterocycles. The molecule has 3 aliphatic rings. The molecule has 3 nitrogen and oxygen atoms in total. The molecule has 3 heteroatoms. The molecular weight excluding hydrogens is 288 g/mol. The fourth-order valence-corrected chi connectivity index (χ4v) is 5.66. The average Bonchev–Trinajstić information content (AvgIpc) is 2.46. The highest BCUT2D eigenvalue weighted by Crippen LogP contribution is 2.58. The zero-order valence-corrected chi connectivity index (χ0v) is 15.3. The second-order valence-electron chi connectivity index (χ2n) is 9.40. The van der Waals surface area contributed by atoms with Crippen LogP contribution in [0.3, 0.4) is 0 Å². The van der Waals surface area contributed by atoms with Gasteiger partial charge in [0.1, 0.15) is 0 Å². The van der Waals surface area contributed by atoms with E-state index in [-0.39, 0.29) is 17.3 Å². The lowest BCUT2D eigenvalue weighted by atomic mass is 9.50. The number of allylic oxidation sites excluding steroid dienone is 1. The van der Waals surface area contributed by atoms with Crippen LogP contribution in [0, 0.1) is 29.1 Å². The summed E-state index contributed by atoms with van der Waals surface area (Å²) in [4.78, 5) is 0. The Labute approximate surface area is 140 Å². The van der Waals surface area contributed by atoms with Crippen molar-refractivity contribution < 1.29 is 15.3 Å². The lowest BCUT2D eigenvalue weighted by Gasteiger charge is -2.57. The Morgan fingerprint density at radius 2 is 1.65 bits per heavy atom. The van der Waals surface area contributed by atoms with Crippen LogP contribution in [0.15, 0.2) is 11.6 Å². The number of rotatable bonds is 0. The van der Waals surface area contributed by atoms with Gasteiger partial charge in [-0.15, -0.1) is 0 Å². The molecule has 23 heavy (non-hydrogen) atoms. The van der Waals surface area contributed by atoms with Crippen molar-refractivity contribution in [3.05, 3.63) is 11.6 Å². The Hall–Kier alpha value is -0.380. The summed E-state index contributed by atoms with van der Waals surface area (Å²) in [7, 11) is 0. The van der Waals surface area contributed by atoms with E-state index in [2.05, 4.69) is 26.8 Å². The number of hydrogen-bond donors (Lipinski definition) is 3. The summed E-state index contributed by atoms with van der Waals surface area (Å²) >= 11 is 0. The first-order chi connectivity index (χ1) is 10.5. The predicted molar refractivity (Wildman–Crippen MR) is 91.8 cm³/mol. The summed E-state index contributed by atoms with van der Waals surface area (Å²) in [5, 5.41) is 32.8. The monoisotopic (exact) mass is 322 g/mol. The van der Waals surface area contributed by atoms with Gasteiger partial charge in [0.05, 0.1) is 17.3 Å². The standard InChI is InChI=1S/C20H34O3/c1-12-6-7-14-13(2)18(12,3)10-11-19(4,22)15-8-9-20(5,23)17(21)16(14)15/h7,12-13,15-17,21-23H,6,8-11H2,1-5H3/t12-,13-,15+,16-,17+,18+,19+,20+/m1/s1. The molecule has 0 aromatic rings. The van der Waals surface area contributed by atoms with Gasteiger partial charge in [-0.3, -0.25) is 0 Å². The Balaban J connectivity index is 2.11. The highest BCUT2D eigenvalue weighted by molar-refractivity contribution is 5.25. The van der Waals surface area contributed by atoms with Gasteiger partial charge in [0.25, 0.3) is 0 Å². The molecule has 0 radical (unpaired) electrons. The SMILES string of the molecule is C[C@@H]1CC=C2[C@H]3[C@H](O)[C@@](C)(O)CC[C@@H]3[C@@](C)(O)CC[C@]1(C)[C@@H]2C. The van der Waals surface area contributed by atoms with Gasteiger partial charge in [-0.25, -0.2) is 0 Å². The molecule has 0 aliphatic heterocycles. The van der Waals surface area contributed by atoms with Gasteiger partial charge < -0.3 is 15.3 Å². The molecule has 2 saturated carbocycles. The van der Waals surface area contributed by atoms with E-state index < -0.39 is 17.3 Å². The third-order valence-electron chi connectivity index (χ3n) is 8.05. The van der Waals surface area contributed by atoms with Crippen LogP contribution in [0.25, 0.3) is 0 Å². The summed E-state index contributed by atoms with van der Waals surface area (Å²) in [5.41, 5.74) is -0.402. The molecule has 3 rings (SSSR count). The van der Waals surface area contributed by atoms with Crippen LogP contribution in [0.5, 0.6) is 0 Å². The Kier molecular flexibility index (Phi) is 4.02. The van der Waals surface area contributed by atoms with E-state index in [1.807, 2.05) is 6.92 Å². The molecule has 3 N–H and O–H groups in total. The van der Waals surface area contributed by atoms with Crippen molar-refractivity contribution in [2.24, 2.45) is 29.1 Å². The van der Waals surface area contributed by atoms with E-state index in [0.29, 0.717) is 18.3 Å². The van der Waals surface area contributed by atoms with Gasteiger partial charge in [-0.2, -0.15) is 0 Å². The summed E-state index contributed by atoms with van der Waals surface area (Å²) in [6.45, 7) is 10.6. The molecule has 8 atom stereocenters. The van der Waals surface area contributed by atoms with Crippen LogP contribution in [0.1, 0.15) is 66.7 Å². The van der Waals surface area contributed by atoms with E-state index in [4.69, 9.17) is 0 Å². The highest BCUT2D eigenvalue weighted by atomic mass is 16.3. The normalized spacial score (nSPS) is 57.0. The first kappa shape index (κ1) is 17.4. The first-order valence-electron chi connectivity index (χ1n) is 9.33. The number of aliphatic hydroxyl groups excluding tert-OH is 1. The van der Waals surface area contributed by atoms with Crippen molar-refractivity contribution >= 4 is 0 Å². The third kappa shape index (κ3) is 2.51. The van der Waals surface area contributed by atoms with Crippen molar-refractivity contribution in [3.63, 3.8) is 0 Å². The largest absolute Gasteiger partial charge is 0.390 e. The zero-order valence-electron chi connectivity index (χ0n) is 15.3. The topological polar surface area (TPSA) is 60.7 Å². The molecule has 0 heterocycles. The molecule has 2 bridgehead atoms. The van der Waals surface area contributed by atoms with Crippen LogP contribution < -0.4 is 0 Å². The maximum absolute atomic E-state index is 11.2. The number of fused-ring (bicyclic) bond motifs is 4. The van der Waals surface area contributed by atoms with Crippen molar-refractivity contribution in [1.29, 1.82) is 0 Å². The van der Waals surface area contributed by atoms with Gasteiger partial charge >= 0.3 is 0 Å². The zero-order chi connectivity index (χ0) is 17.2. The minimum Gasteiger partial charge on any atom is -0.390 e. The quantitative estimate of drug-likeness (QED) is 0.600. The fraction of sp³-hybridized carbons (Fsp3) is 0.900. The average molecular weight is 322 g/mol. The molecule has 0 amide bonds. The maximum Gasteiger partial charge on any atom is 0.0893 e. The first-order valence-corrected chi connectivity index (χ1v) is 9.33. The van der Waals surface area contributed by atoms with E-state index in [0.717, 1.165) is 25.7 Å². The number of hydrogen-bond acceptors (Lipinski definition) is 3. The van der Waals surface area contributed by atoms with Crippen molar-refractivity contribution in [2.45, 2.75) is 84.0 Å². The summed E-state index contributed by atoms with van der Waals surface area (Å²) in [5.74, 6) is 0.869. The summed E-state index contributed by atoms with van der Waals surface area (Å²) in [6.07, 6.45) is 5.68. The van der Waals surface area contributed by atoms with Gasteiger partial charge in [0.2, 0.25) is 0 Å². The summed E-state index contributed by atoms with van der Waals surface area (Å²) in [6, 6.07) is 0. The van der Waals surface area contributed by atoms with E-state index in [9.17, 15) is 15.3 Å². The van der Waals surface area contributed by atoms with E-state index >= 15 is 0 Å². The molecule has 2 fully saturated rings. The smallest absolute Gasteiger partial charge is 0.0893 e. The Bertz CT molecular complexity index is 507. The molecule has 0 aromatic carbocycles. The third-order valence-corrected chi connectivity index (χ3v) is 8.05. The van der Waals surface area contributed by atoms with Crippen LogP contribution in [0.2, 0.25) is 0 Å². The maximum atomic E-state index is 11.2. The molecule has 0 unspecified atom stereocenters. The fourth-order valence-electron chi connectivity index (χ4n) is 5.66. The molecule has 0 spiro atoms. The lowest BCUT2D eigenvalue weighted by Crippen LogP contribution is -2.59. The van der Waals surface area contributed by atoms with E-state index in [1.165, 1.54) is 5.57 Å². The van der Waals surface area contributed by atoms with E-state index in [1.54, 1.807) is 6.92 Å². The summed E-state index contributed by atoms with van der Waals surface area (Å²) < 4.78 is 0. The van der Waals surface area contributed by atoms with Crippen LogP contribution in [-0.2, 0) is 0 Å². The minimum absolute atomic E-state index is 0.0318. The molecule has 132 valence electrons. The van der Waals surface area contributed by atoms with Crippen molar-refractivity contribution in [1.82, 2.24) is 0 Å². The van der Waals surface area contributed by atoms with Crippen LogP contribution in [-0.4, -0.2) is 32.6 Å². The van der Waals surface area contributed by atoms with Gasteiger partial charge in [-0.05, 0) is 69.1 Å². The van der Waals surface area contributed by atoms with Gasteiger partial charge in [-0.1, -0.05) is 32.4 Å². The Morgan fingerprint density at radius 1 is 1.00 bits per heavy atom. The number of aliphatic hydroxyl groups is 3. The highest BCUT2D eigenvalue weighted by Gasteiger charge is 2.56. The minimum atomic E-state index is -1.06. The van der Waals surface area contributed by atoms with Crippen LogP contribution >= 0.6 is 0 Å². The molecule has 0 saturated heterocycles. The van der Waals surface area contributed by atoms with Crippen molar-refractivity contribution in [3.8, 4) is 0 Å². The molecular formula is C20H34O3. The second kappa shape index (κ2) is 5.31. The lowest BCUT2D eigenvalue weighted by molar-refractivity contribution is -0.168. The second-order valence-corrected chi connectivity index (χ2v) is 9.40. The van der Waals surface area contributed by atoms with Gasteiger partial charge in [0, 0.05) is 5.92 Å². The van der Waals surface area contributed by atoms with Crippen molar-refractivity contribution in [2.75, 3.05) is 0 Å². The van der Waals surface area contributed by atoms with Gasteiger partial charge in [0.15, 0.2) is 0 Å².